The van der Waals surface area contributed by atoms with Crippen LogP contribution in [0.25, 0.3) is 11.1 Å². The summed E-state index contributed by atoms with van der Waals surface area (Å²) in [4.78, 5) is 11.6. The summed E-state index contributed by atoms with van der Waals surface area (Å²) in [5, 5.41) is 5.73. The molecule has 3 heteroatoms. The first-order chi connectivity index (χ1) is 8.84. The molecule has 0 aromatic heterocycles. The summed E-state index contributed by atoms with van der Waals surface area (Å²) in [6, 6.07) is 16.2. The van der Waals surface area contributed by atoms with E-state index >= 15 is 0 Å². The summed E-state index contributed by atoms with van der Waals surface area (Å²) < 4.78 is 0. The molecule has 3 rings (SSSR count). The second-order valence-electron chi connectivity index (χ2n) is 4.35. The van der Waals surface area contributed by atoms with E-state index in [1.165, 1.54) is 11.1 Å². The van der Waals surface area contributed by atoms with Crippen LogP contribution in [0.4, 0.5) is 4.79 Å². The molecule has 18 heavy (non-hydrogen) atoms. The Kier molecular flexibility index (Phi) is 2.73. The summed E-state index contributed by atoms with van der Waals surface area (Å²) in [5.74, 6) is 0. The zero-order valence-corrected chi connectivity index (χ0v) is 9.94. The molecule has 1 heterocycles. The van der Waals surface area contributed by atoms with Gasteiger partial charge in [-0.2, -0.15) is 0 Å². The predicted octanol–water partition coefficient (Wildman–Crippen LogP) is 2.67. The van der Waals surface area contributed by atoms with E-state index in [9.17, 15) is 4.79 Å². The maximum atomic E-state index is 11.6. The van der Waals surface area contributed by atoms with Gasteiger partial charge in [0.05, 0.1) is 0 Å². The number of carbonyl (C=O) groups excluding carboxylic acids is 1. The predicted molar refractivity (Wildman–Crippen MR) is 71.0 cm³/mol. The molecule has 0 saturated carbocycles. The van der Waals surface area contributed by atoms with Crippen molar-refractivity contribution < 1.29 is 4.79 Å². The number of benzene rings is 2. The number of rotatable bonds is 0. The van der Waals surface area contributed by atoms with Crippen LogP contribution < -0.4 is 10.6 Å². The van der Waals surface area contributed by atoms with Crippen LogP contribution in [0.3, 0.4) is 0 Å². The molecule has 2 N–H and O–H groups in total. The molecule has 0 saturated heterocycles. The average Bonchev–Trinajstić information content (AvgIpc) is 2.49. The lowest BCUT2D eigenvalue weighted by Crippen LogP contribution is -2.34. The largest absolute Gasteiger partial charge is 0.334 e. The molecule has 2 aromatic carbocycles. The van der Waals surface area contributed by atoms with Crippen molar-refractivity contribution in [1.29, 1.82) is 0 Å². The maximum Gasteiger partial charge on any atom is 0.315 e. The summed E-state index contributed by atoms with van der Waals surface area (Å²) >= 11 is 0. The van der Waals surface area contributed by atoms with Gasteiger partial charge in [0.15, 0.2) is 0 Å². The second kappa shape index (κ2) is 4.53. The Hall–Kier alpha value is -2.29. The van der Waals surface area contributed by atoms with E-state index in [2.05, 4.69) is 34.9 Å². The first-order valence-corrected chi connectivity index (χ1v) is 6.02. The van der Waals surface area contributed by atoms with Gasteiger partial charge in [0, 0.05) is 13.1 Å². The van der Waals surface area contributed by atoms with Crippen molar-refractivity contribution in [2.45, 2.75) is 13.1 Å². The van der Waals surface area contributed by atoms with Crippen molar-refractivity contribution in [3.63, 3.8) is 0 Å². The third-order valence-corrected chi connectivity index (χ3v) is 3.20. The Morgan fingerprint density at radius 2 is 1.17 bits per heavy atom. The highest BCUT2D eigenvalue weighted by molar-refractivity contribution is 5.77. The van der Waals surface area contributed by atoms with Crippen molar-refractivity contribution in [2.24, 2.45) is 0 Å². The van der Waals surface area contributed by atoms with Gasteiger partial charge in [0.2, 0.25) is 0 Å². The third-order valence-electron chi connectivity index (χ3n) is 3.20. The first-order valence-electron chi connectivity index (χ1n) is 6.02. The van der Waals surface area contributed by atoms with Crippen LogP contribution in [0.2, 0.25) is 0 Å². The molecule has 0 fully saturated rings. The molecule has 0 atom stereocenters. The van der Waals surface area contributed by atoms with Crippen molar-refractivity contribution in [3.05, 3.63) is 59.7 Å². The van der Waals surface area contributed by atoms with E-state index < -0.39 is 0 Å². The fourth-order valence-corrected chi connectivity index (χ4v) is 2.29. The molecule has 0 aliphatic carbocycles. The average molecular weight is 238 g/mol. The molecule has 2 aromatic rings. The maximum absolute atomic E-state index is 11.6. The van der Waals surface area contributed by atoms with Crippen molar-refractivity contribution >= 4 is 6.03 Å². The molecule has 1 aliphatic heterocycles. The molecule has 0 spiro atoms. The van der Waals surface area contributed by atoms with Crippen molar-refractivity contribution in [1.82, 2.24) is 10.6 Å². The minimum Gasteiger partial charge on any atom is -0.334 e. The van der Waals surface area contributed by atoms with Crippen LogP contribution in [-0.2, 0) is 13.1 Å². The van der Waals surface area contributed by atoms with Gasteiger partial charge in [-0.25, -0.2) is 4.79 Å². The number of nitrogens with one attached hydrogen (secondary N) is 2. The minimum absolute atomic E-state index is 0.124. The lowest BCUT2D eigenvalue weighted by Gasteiger charge is -2.11. The van der Waals surface area contributed by atoms with Crippen LogP contribution >= 0.6 is 0 Å². The highest BCUT2D eigenvalue weighted by Gasteiger charge is 2.12. The summed E-state index contributed by atoms with van der Waals surface area (Å²) in [6.07, 6.45) is 0. The lowest BCUT2D eigenvalue weighted by molar-refractivity contribution is 0.240. The van der Waals surface area contributed by atoms with Crippen LogP contribution in [0.1, 0.15) is 11.1 Å². The summed E-state index contributed by atoms with van der Waals surface area (Å²) in [6.45, 7) is 1.10. The fourth-order valence-electron chi connectivity index (χ4n) is 2.29. The van der Waals surface area contributed by atoms with Gasteiger partial charge in [-0.05, 0) is 22.3 Å². The molecule has 0 bridgehead atoms. The standard InChI is InChI=1S/C15H14N2O/c18-15-16-9-11-5-1-3-7-13(11)14-8-4-2-6-12(14)10-17-15/h1-8H,9-10H2,(H2,16,17,18). The van der Waals surface area contributed by atoms with Gasteiger partial charge in [-0.1, -0.05) is 48.5 Å². The number of amides is 2. The Balaban J connectivity index is 2.18. The van der Waals surface area contributed by atoms with E-state index in [0.29, 0.717) is 13.1 Å². The normalized spacial score (nSPS) is 14.1. The highest BCUT2D eigenvalue weighted by atomic mass is 16.2. The molecular weight excluding hydrogens is 224 g/mol. The molecule has 2 amide bonds. The van der Waals surface area contributed by atoms with Gasteiger partial charge in [-0.3, -0.25) is 0 Å². The van der Waals surface area contributed by atoms with Gasteiger partial charge < -0.3 is 10.6 Å². The monoisotopic (exact) mass is 238 g/mol. The summed E-state index contributed by atoms with van der Waals surface area (Å²) in [5.41, 5.74) is 4.67. The zero-order chi connectivity index (χ0) is 12.4. The molecule has 90 valence electrons. The van der Waals surface area contributed by atoms with Gasteiger partial charge >= 0.3 is 6.03 Å². The van der Waals surface area contributed by atoms with Crippen LogP contribution in [0, 0.1) is 0 Å². The number of urea groups is 1. The minimum atomic E-state index is -0.124. The van der Waals surface area contributed by atoms with Crippen molar-refractivity contribution in [2.75, 3.05) is 0 Å². The van der Waals surface area contributed by atoms with E-state index in [4.69, 9.17) is 0 Å². The number of carbonyl (C=O) groups is 1. The topological polar surface area (TPSA) is 41.1 Å². The number of hydrogen-bond donors (Lipinski definition) is 2. The first kappa shape index (κ1) is 10.8. The summed E-state index contributed by atoms with van der Waals surface area (Å²) in [7, 11) is 0. The lowest BCUT2D eigenvalue weighted by atomic mass is 9.95. The Labute approximate surface area is 106 Å². The van der Waals surface area contributed by atoms with E-state index in [1.54, 1.807) is 0 Å². The SMILES string of the molecule is O=C1NCc2ccccc2-c2ccccc2CN1. The Morgan fingerprint density at radius 1 is 0.722 bits per heavy atom. The van der Waals surface area contributed by atoms with Crippen LogP contribution in [0.5, 0.6) is 0 Å². The van der Waals surface area contributed by atoms with Gasteiger partial charge in [0.25, 0.3) is 0 Å². The third kappa shape index (κ3) is 1.95. The highest BCUT2D eigenvalue weighted by Crippen LogP contribution is 2.27. The van der Waals surface area contributed by atoms with Crippen molar-refractivity contribution in [3.8, 4) is 11.1 Å². The Bertz CT molecular complexity index is 541. The fraction of sp³-hybridized carbons (Fsp3) is 0.133. The van der Waals surface area contributed by atoms with Crippen LogP contribution in [-0.4, -0.2) is 6.03 Å². The number of hydrogen-bond acceptors (Lipinski definition) is 1. The van der Waals surface area contributed by atoms with Gasteiger partial charge in [0.1, 0.15) is 0 Å². The molecule has 0 radical (unpaired) electrons. The second-order valence-corrected chi connectivity index (χ2v) is 4.35. The molecule has 1 aliphatic rings. The smallest absolute Gasteiger partial charge is 0.315 e. The van der Waals surface area contributed by atoms with Crippen LogP contribution in [0.15, 0.2) is 48.5 Å². The van der Waals surface area contributed by atoms with E-state index in [0.717, 1.165) is 11.1 Å². The zero-order valence-electron chi connectivity index (χ0n) is 9.94. The van der Waals surface area contributed by atoms with Gasteiger partial charge in [-0.15, -0.1) is 0 Å². The molecule has 3 nitrogen and oxygen atoms in total. The molecular formula is C15H14N2O. The van der Waals surface area contributed by atoms with E-state index in [-0.39, 0.29) is 6.03 Å². The van der Waals surface area contributed by atoms with E-state index in [1.807, 2.05) is 24.3 Å². The molecule has 0 unspecified atom stereocenters. The quantitative estimate of drug-likeness (QED) is 0.728. The number of fused-ring (bicyclic) bond motifs is 3. The Morgan fingerprint density at radius 3 is 1.67 bits per heavy atom.